The molecule has 0 radical (unpaired) electrons. The number of nitrogens with zero attached hydrogens (tertiary/aromatic N) is 3. The zero-order valence-electron chi connectivity index (χ0n) is 8.48. The summed E-state index contributed by atoms with van der Waals surface area (Å²) in [5.41, 5.74) is 0.712. The highest BCUT2D eigenvalue weighted by molar-refractivity contribution is 6.33. The molecule has 0 aliphatic carbocycles. The van der Waals surface area contributed by atoms with Gasteiger partial charge in [0.1, 0.15) is 17.6 Å². The molecular formula is C11H6ClFN4. The van der Waals surface area contributed by atoms with Crippen LogP contribution in [0.5, 0.6) is 0 Å². The lowest BCUT2D eigenvalue weighted by Crippen LogP contribution is -1.98. The van der Waals surface area contributed by atoms with Crippen LogP contribution < -0.4 is 5.32 Å². The van der Waals surface area contributed by atoms with Crippen molar-refractivity contribution in [3.05, 3.63) is 47.0 Å². The maximum absolute atomic E-state index is 12.8. The Kier molecular flexibility index (Phi) is 3.17. The Morgan fingerprint density at radius 3 is 2.88 bits per heavy atom. The molecule has 6 heteroatoms. The minimum absolute atomic E-state index is 0.218. The molecule has 0 aliphatic rings. The summed E-state index contributed by atoms with van der Waals surface area (Å²) in [5, 5.41) is 11.7. The van der Waals surface area contributed by atoms with E-state index in [1.807, 2.05) is 6.07 Å². The molecule has 0 atom stereocenters. The van der Waals surface area contributed by atoms with Gasteiger partial charge in [0, 0.05) is 6.20 Å². The van der Waals surface area contributed by atoms with Crippen molar-refractivity contribution in [3.8, 4) is 6.07 Å². The molecule has 2 aromatic rings. The first-order valence-electron chi connectivity index (χ1n) is 4.64. The first-order valence-corrected chi connectivity index (χ1v) is 5.02. The Morgan fingerprint density at radius 1 is 1.35 bits per heavy atom. The summed E-state index contributed by atoms with van der Waals surface area (Å²) in [4.78, 5) is 7.83. The first kappa shape index (κ1) is 11.3. The van der Waals surface area contributed by atoms with Gasteiger partial charge in [-0.3, -0.25) is 0 Å². The molecule has 0 fully saturated rings. The minimum Gasteiger partial charge on any atom is -0.323 e. The molecule has 0 saturated heterocycles. The van der Waals surface area contributed by atoms with Crippen molar-refractivity contribution >= 4 is 23.2 Å². The SMILES string of the molecule is N#Cc1ccnc(Nc2ccc(F)cc2Cl)n1. The minimum atomic E-state index is -0.424. The zero-order chi connectivity index (χ0) is 12.3. The summed E-state index contributed by atoms with van der Waals surface area (Å²) >= 11 is 5.83. The Morgan fingerprint density at radius 2 is 2.18 bits per heavy atom. The predicted molar refractivity (Wildman–Crippen MR) is 61.4 cm³/mol. The van der Waals surface area contributed by atoms with E-state index in [0.717, 1.165) is 0 Å². The third-order valence-corrected chi connectivity index (χ3v) is 2.26. The van der Waals surface area contributed by atoms with Crippen LogP contribution in [0.1, 0.15) is 5.69 Å². The number of anilines is 2. The number of nitriles is 1. The predicted octanol–water partition coefficient (Wildman–Crippen LogP) is 2.88. The zero-order valence-corrected chi connectivity index (χ0v) is 9.24. The smallest absolute Gasteiger partial charge is 0.228 e. The van der Waals surface area contributed by atoms with Crippen molar-refractivity contribution in [2.75, 3.05) is 5.32 Å². The number of aromatic nitrogens is 2. The van der Waals surface area contributed by atoms with Crippen LogP contribution in [0.4, 0.5) is 16.0 Å². The van der Waals surface area contributed by atoms with Crippen LogP contribution in [-0.4, -0.2) is 9.97 Å². The molecule has 1 heterocycles. The molecule has 1 aromatic carbocycles. The summed E-state index contributed by atoms with van der Waals surface area (Å²) < 4.78 is 12.8. The van der Waals surface area contributed by atoms with Crippen molar-refractivity contribution < 1.29 is 4.39 Å². The molecule has 17 heavy (non-hydrogen) atoms. The van der Waals surface area contributed by atoms with Gasteiger partial charge in [0.15, 0.2) is 0 Å². The van der Waals surface area contributed by atoms with Gasteiger partial charge in [0.05, 0.1) is 10.7 Å². The van der Waals surface area contributed by atoms with E-state index in [0.29, 0.717) is 5.69 Å². The van der Waals surface area contributed by atoms with Gasteiger partial charge in [-0.25, -0.2) is 14.4 Å². The van der Waals surface area contributed by atoms with Gasteiger partial charge in [-0.1, -0.05) is 11.6 Å². The van der Waals surface area contributed by atoms with Gasteiger partial charge in [-0.15, -0.1) is 0 Å². The van der Waals surface area contributed by atoms with E-state index in [1.54, 1.807) is 0 Å². The number of nitrogens with one attached hydrogen (secondary N) is 1. The van der Waals surface area contributed by atoms with Crippen molar-refractivity contribution in [3.63, 3.8) is 0 Å². The van der Waals surface area contributed by atoms with Crippen LogP contribution in [0.3, 0.4) is 0 Å². The fourth-order valence-electron chi connectivity index (χ4n) is 1.19. The number of rotatable bonds is 2. The van der Waals surface area contributed by atoms with E-state index in [2.05, 4.69) is 15.3 Å². The van der Waals surface area contributed by atoms with E-state index in [1.165, 1.54) is 30.5 Å². The van der Waals surface area contributed by atoms with Crippen molar-refractivity contribution in [2.45, 2.75) is 0 Å². The molecular weight excluding hydrogens is 243 g/mol. The quantitative estimate of drug-likeness (QED) is 0.888. The van der Waals surface area contributed by atoms with Crippen molar-refractivity contribution in [1.29, 1.82) is 5.26 Å². The third-order valence-electron chi connectivity index (χ3n) is 1.95. The molecule has 0 bridgehead atoms. The van der Waals surface area contributed by atoms with Gasteiger partial charge in [-0.05, 0) is 24.3 Å². The maximum atomic E-state index is 12.8. The second kappa shape index (κ2) is 4.76. The fraction of sp³-hybridized carbons (Fsp3) is 0. The molecule has 0 aliphatic heterocycles. The number of hydrogen-bond donors (Lipinski definition) is 1. The molecule has 0 spiro atoms. The average Bonchev–Trinajstić information content (AvgIpc) is 2.33. The van der Waals surface area contributed by atoms with E-state index in [-0.39, 0.29) is 16.7 Å². The van der Waals surface area contributed by atoms with Crippen LogP contribution in [0, 0.1) is 17.1 Å². The van der Waals surface area contributed by atoms with Gasteiger partial charge in [0.2, 0.25) is 5.95 Å². The first-order chi connectivity index (χ1) is 8.19. The highest BCUT2D eigenvalue weighted by Gasteiger charge is 2.04. The lowest BCUT2D eigenvalue weighted by molar-refractivity contribution is 0.628. The number of hydrogen-bond acceptors (Lipinski definition) is 4. The Hall–Kier alpha value is -2.19. The second-order valence-corrected chi connectivity index (χ2v) is 3.53. The summed E-state index contributed by atoms with van der Waals surface area (Å²) in [6.07, 6.45) is 1.45. The molecule has 1 aromatic heterocycles. The van der Waals surface area contributed by atoms with Crippen LogP contribution >= 0.6 is 11.6 Å². The van der Waals surface area contributed by atoms with Crippen molar-refractivity contribution in [2.24, 2.45) is 0 Å². The summed E-state index contributed by atoms with van der Waals surface area (Å²) in [7, 11) is 0. The summed E-state index contributed by atoms with van der Waals surface area (Å²) in [6.45, 7) is 0. The molecule has 0 amide bonds. The Bertz CT molecular complexity index is 594. The van der Waals surface area contributed by atoms with Gasteiger partial charge in [-0.2, -0.15) is 5.26 Å². The van der Waals surface area contributed by atoms with Crippen LogP contribution in [-0.2, 0) is 0 Å². The summed E-state index contributed by atoms with van der Waals surface area (Å²) in [5.74, 6) is -0.190. The highest BCUT2D eigenvalue weighted by atomic mass is 35.5. The lowest BCUT2D eigenvalue weighted by Gasteiger charge is -2.06. The Labute approximate surface area is 102 Å². The van der Waals surface area contributed by atoms with Crippen LogP contribution in [0.25, 0.3) is 0 Å². The van der Waals surface area contributed by atoms with Crippen molar-refractivity contribution in [1.82, 2.24) is 9.97 Å². The third kappa shape index (κ3) is 2.68. The lowest BCUT2D eigenvalue weighted by atomic mass is 10.3. The number of halogens is 2. The fourth-order valence-corrected chi connectivity index (χ4v) is 1.41. The van der Waals surface area contributed by atoms with E-state index >= 15 is 0 Å². The highest BCUT2D eigenvalue weighted by Crippen LogP contribution is 2.24. The Balaban J connectivity index is 2.28. The average molecular weight is 249 g/mol. The van der Waals surface area contributed by atoms with Crippen LogP contribution in [0.15, 0.2) is 30.5 Å². The molecule has 1 N–H and O–H groups in total. The van der Waals surface area contributed by atoms with Gasteiger partial charge >= 0.3 is 0 Å². The maximum Gasteiger partial charge on any atom is 0.228 e. The summed E-state index contributed by atoms with van der Waals surface area (Å²) in [6, 6.07) is 7.29. The largest absolute Gasteiger partial charge is 0.323 e. The standard InChI is InChI=1S/C11H6ClFN4/c12-9-5-7(13)1-2-10(9)17-11-15-4-3-8(6-14)16-11/h1-5H,(H,15,16,17). The molecule has 84 valence electrons. The molecule has 2 rings (SSSR count). The van der Waals surface area contributed by atoms with Gasteiger partial charge < -0.3 is 5.32 Å². The normalized spacial score (nSPS) is 9.71. The van der Waals surface area contributed by atoms with E-state index < -0.39 is 5.82 Å². The van der Waals surface area contributed by atoms with E-state index in [4.69, 9.17) is 16.9 Å². The second-order valence-electron chi connectivity index (χ2n) is 3.13. The molecule has 0 saturated carbocycles. The molecule has 4 nitrogen and oxygen atoms in total. The topological polar surface area (TPSA) is 61.6 Å². The monoisotopic (exact) mass is 248 g/mol. The van der Waals surface area contributed by atoms with Crippen LogP contribution in [0.2, 0.25) is 5.02 Å². The van der Waals surface area contributed by atoms with Gasteiger partial charge in [0.25, 0.3) is 0 Å². The number of benzene rings is 1. The molecule has 0 unspecified atom stereocenters. The van der Waals surface area contributed by atoms with E-state index in [9.17, 15) is 4.39 Å².